The Morgan fingerprint density at radius 2 is 1.69 bits per heavy atom. The van der Waals surface area contributed by atoms with E-state index in [1.165, 1.54) is 5.56 Å². The summed E-state index contributed by atoms with van der Waals surface area (Å²) in [6.45, 7) is 6.89. The van der Waals surface area contributed by atoms with Crippen LogP contribution in [0.1, 0.15) is 47.8 Å². The molecule has 138 valence electrons. The lowest BCUT2D eigenvalue weighted by molar-refractivity contribution is -0.130. The number of rotatable bonds is 4. The predicted octanol–water partition coefficient (Wildman–Crippen LogP) is 3.06. The smallest absolute Gasteiger partial charge is 0.270 e. The normalized spacial score (nSPS) is 15.2. The van der Waals surface area contributed by atoms with Gasteiger partial charge < -0.3 is 14.8 Å². The van der Waals surface area contributed by atoms with Gasteiger partial charge in [-0.1, -0.05) is 38.1 Å². The molecule has 5 nitrogen and oxygen atoms in total. The summed E-state index contributed by atoms with van der Waals surface area (Å²) in [5, 5.41) is 0. The van der Waals surface area contributed by atoms with Crippen LogP contribution in [0.4, 0.5) is 0 Å². The fraction of sp³-hybridized carbons (Fsp3) is 0.429. The lowest BCUT2D eigenvalue weighted by atomic mass is 10.0. The van der Waals surface area contributed by atoms with Crippen LogP contribution in [-0.4, -0.2) is 52.8 Å². The monoisotopic (exact) mass is 353 g/mol. The van der Waals surface area contributed by atoms with Crippen LogP contribution in [0.25, 0.3) is 0 Å². The predicted molar refractivity (Wildman–Crippen MR) is 102 cm³/mol. The van der Waals surface area contributed by atoms with E-state index in [9.17, 15) is 9.59 Å². The molecule has 0 bridgehead atoms. The van der Waals surface area contributed by atoms with Crippen LogP contribution in [0.15, 0.2) is 42.6 Å². The van der Waals surface area contributed by atoms with E-state index < -0.39 is 0 Å². The van der Waals surface area contributed by atoms with E-state index in [0.717, 1.165) is 12.0 Å². The molecule has 5 heteroatoms. The molecule has 1 saturated heterocycles. The first-order chi connectivity index (χ1) is 12.5. The Morgan fingerprint density at radius 3 is 2.35 bits per heavy atom. The summed E-state index contributed by atoms with van der Waals surface area (Å²) in [4.78, 5) is 31.8. The lowest BCUT2D eigenvalue weighted by Crippen LogP contribution is -2.38. The van der Waals surface area contributed by atoms with E-state index >= 15 is 0 Å². The molecular formula is C21H27N3O2. The molecule has 1 fully saturated rings. The lowest BCUT2D eigenvalue weighted by Gasteiger charge is -2.22. The number of amides is 2. The van der Waals surface area contributed by atoms with Crippen molar-refractivity contribution in [3.05, 3.63) is 59.4 Å². The first-order valence-corrected chi connectivity index (χ1v) is 9.34. The zero-order chi connectivity index (χ0) is 18.5. The van der Waals surface area contributed by atoms with Gasteiger partial charge in [-0.15, -0.1) is 0 Å². The highest BCUT2D eigenvalue weighted by Crippen LogP contribution is 2.16. The summed E-state index contributed by atoms with van der Waals surface area (Å²) in [5.74, 6) is 0.638. The fourth-order valence-electron chi connectivity index (χ4n) is 3.31. The Balaban J connectivity index is 1.56. The van der Waals surface area contributed by atoms with Crippen LogP contribution >= 0.6 is 0 Å². The molecule has 0 aliphatic carbocycles. The first kappa shape index (κ1) is 18.2. The van der Waals surface area contributed by atoms with E-state index in [1.54, 1.807) is 12.3 Å². The molecule has 0 spiro atoms. The Hall–Kier alpha value is -2.56. The van der Waals surface area contributed by atoms with Gasteiger partial charge in [0.2, 0.25) is 5.91 Å². The molecule has 2 amide bonds. The number of hydrogen-bond acceptors (Lipinski definition) is 2. The Kier molecular flexibility index (Phi) is 5.76. The van der Waals surface area contributed by atoms with E-state index in [2.05, 4.69) is 31.0 Å². The number of benzene rings is 1. The summed E-state index contributed by atoms with van der Waals surface area (Å²) in [6, 6.07) is 11.9. The van der Waals surface area contributed by atoms with E-state index in [-0.39, 0.29) is 11.8 Å². The number of carbonyl (C=O) groups is 2. The second-order valence-corrected chi connectivity index (χ2v) is 7.18. The van der Waals surface area contributed by atoms with Gasteiger partial charge in [0, 0.05) is 32.4 Å². The zero-order valence-corrected chi connectivity index (χ0v) is 15.6. The molecule has 0 atom stereocenters. The Bertz CT molecular complexity index is 735. The summed E-state index contributed by atoms with van der Waals surface area (Å²) < 4.78 is 0. The van der Waals surface area contributed by atoms with Crippen molar-refractivity contribution >= 4 is 11.8 Å². The first-order valence-electron chi connectivity index (χ1n) is 9.34. The van der Waals surface area contributed by atoms with Gasteiger partial charge in [-0.25, -0.2) is 0 Å². The zero-order valence-electron chi connectivity index (χ0n) is 15.6. The third-order valence-corrected chi connectivity index (χ3v) is 4.97. The van der Waals surface area contributed by atoms with Gasteiger partial charge in [0.15, 0.2) is 0 Å². The summed E-state index contributed by atoms with van der Waals surface area (Å²) >= 11 is 0. The van der Waals surface area contributed by atoms with Gasteiger partial charge in [0.1, 0.15) is 5.69 Å². The largest absolute Gasteiger partial charge is 0.357 e. The van der Waals surface area contributed by atoms with E-state index in [1.807, 2.05) is 28.0 Å². The van der Waals surface area contributed by atoms with Gasteiger partial charge in [0.05, 0.1) is 6.42 Å². The van der Waals surface area contributed by atoms with Crippen molar-refractivity contribution in [3.8, 4) is 0 Å². The van der Waals surface area contributed by atoms with Gasteiger partial charge in [-0.3, -0.25) is 9.59 Å². The highest BCUT2D eigenvalue weighted by atomic mass is 16.2. The molecule has 0 unspecified atom stereocenters. The molecule has 1 aromatic heterocycles. The van der Waals surface area contributed by atoms with E-state index in [0.29, 0.717) is 44.2 Å². The van der Waals surface area contributed by atoms with Crippen molar-refractivity contribution in [2.24, 2.45) is 0 Å². The molecule has 0 saturated carbocycles. The van der Waals surface area contributed by atoms with Crippen LogP contribution in [0.2, 0.25) is 0 Å². The number of nitrogens with one attached hydrogen (secondary N) is 1. The van der Waals surface area contributed by atoms with Gasteiger partial charge in [-0.05, 0) is 35.6 Å². The van der Waals surface area contributed by atoms with Crippen molar-refractivity contribution in [2.45, 2.75) is 32.6 Å². The maximum Gasteiger partial charge on any atom is 0.270 e. The maximum atomic E-state index is 12.7. The molecule has 26 heavy (non-hydrogen) atoms. The molecule has 1 N–H and O–H groups in total. The fourth-order valence-corrected chi connectivity index (χ4v) is 3.31. The molecule has 1 aliphatic heterocycles. The maximum absolute atomic E-state index is 12.7. The Labute approximate surface area is 155 Å². The summed E-state index contributed by atoms with van der Waals surface area (Å²) in [5.41, 5.74) is 2.94. The second kappa shape index (κ2) is 8.21. The average Bonchev–Trinajstić information content (AvgIpc) is 3.06. The minimum absolute atomic E-state index is 0.00794. The molecule has 2 heterocycles. The van der Waals surface area contributed by atoms with Crippen molar-refractivity contribution in [2.75, 3.05) is 26.2 Å². The summed E-state index contributed by atoms with van der Waals surface area (Å²) in [6.07, 6.45) is 2.98. The third-order valence-electron chi connectivity index (χ3n) is 4.97. The van der Waals surface area contributed by atoms with E-state index in [4.69, 9.17) is 0 Å². The van der Waals surface area contributed by atoms with Crippen LogP contribution in [-0.2, 0) is 11.2 Å². The molecule has 1 aromatic carbocycles. The van der Waals surface area contributed by atoms with Crippen LogP contribution < -0.4 is 0 Å². The number of aromatic amines is 1. The number of hydrogen-bond donors (Lipinski definition) is 1. The van der Waals surface area contributed by atoms with Crippen molar-refractivity contribution in [1.29, 1.82) is 0 Å². The molecular weight excluding hydrogens is 326 g/mol. The standard InChI is InChI=1S/C21H27N3O2/c1-16(2)18-8-6-17(7-9-18)15-20(25)23-11-4-12-24(14-13-23)21(26)19-5-3-10-22-19/h3,5-10,16,22H,4,11-15H2,1-2H3. The molecule has 0 radical (unpaired) electrons. The highest BCUT2D eigenvalue weighted by Gasteiger charge is 2.23. The average molecular weight is 353 g/mol. The summed E-state index contributed by atoms with van der Waals surface area (Å²) in [7, 11) is 0. The van der Waals surface area contributed by atoms with Gasteiger partial charge >= 0.3 is 0 Å². The quantitative estimate of drug-likeness (QED) is 0.918. The molecule has 1 aliphatic rings. The van der Waals surface area contributed by atoms with Crippen LogP contribution in [0.5, 0.6) is 0 Å². The number of H-pyrrole nitrogens is 1. The number of nitrogens with zero attached hydrogens (tertiary/aromatic N) is 2. The van der Waals surface area contributed by atoms with Gasteiger partial charge in [0.25, 0.3) is 5.91 Å². The van der Waals surface area contributed by atoms with Gasteiger partial charge in [-0.2, -0.15) is 0 Å². The van der Waals surface area contributed by atoms with Crippen molar-refractivity contribution in [1.82, 2.24) is 14.8 Å². The van der Waals surface area contributed by atoms with Crippen LogP contribution in [0.3, 0.4) is 0 Å². The SMILES string of the molecule is CC(C)c1ccc(CC(=O)N2CCCN(C(=O)c3ccc[nH]3)CC2)cc1. The van der Waals surface area contributed by atoms with Crippen LogP contribution in [0, 0.1) is 0 Å². The number of carbonyl (C=O) groups excluding carboxylic acids is 2. The Morgan fingerprint density at radius 1 is 1.00 bits per heavy atom. The third kappa shape index (κ3) is 4.34. The molecule has 2 aromatic rings. The minimum atomic E-state index is 0.00794. The highest BCUT2D eigenvalue weighted by molar-refractivity contribution is 5.92. The second-order valence-electron chi connectivity index (χ2n) is 7.18. The van der Waals surface area contributed by atoms with Crippen molar-refractivity contribution < 1.29 is 9.59 Å². The number of aromatic nitrogens is 1. The molecule has 3 rings (SSSR count). The minimum Gasteiger partial charge on any atom is -0.357 e. The van der Waals surface area contributed by atoms with Crippen molar-refractivity contribution in [3.63, 3.8) is 0 Å². The topological polar surface area (TPSA) is 56.4 Å².